The van der Waals surface area contributed by atoms with E-state index >= 15 is 0 Å². The van der Waals surface area contributed by atoms with Gasteiger partial charge in [0.2, 0.25) is 0 Å². The molecule has 6 atom stereocenters. The standard InChI is InChI=1S/C33H43N3O4/c1-21(37)33(39)16-12-28-26-9-8-23-18-24(10-14-31(23,2)27(26)11-15-32(28,33)3)36-40-20-30(38)34-17-13-22-19-35-29-7-5-4-6-25(22)29/h4-7,18-19,26-28,35,39H,8-17,20H2,1-3H3,(H,34,38)/b36-24+/t26-,27+,28+,31+,32+,33+/m1/s1. The molecule has 1 heterocycles. The second-order valence-corrected chi connectivity index (χ2v) is 13.2. The maximum atomic E-state index is 12.5. The SMILES string of the molecule is CC(=O)[C@@]1(O)CC[C@H]2[C@@H]3CCC4=C/C(=N/OCC(=O)NCCc5c[nH]c6ccccc56)CC[C@]4(C)[C@H]3CC[C@@]21C. The van der Waals surface area contributed by atoms with Crippen LogP contribution in [0.5, 0.6) is 0 Å². The van der Waals surface area contributed by atoms with Crippen molar-refractivity contribution in [3.8, 4) is 0 Å². The minimum absolute atomic E-state index is 0.0555. The molecule has 0 radical (unpaired) electrons. The van der Waals surface area contributed by atoms with E-state index in [1.165, 1.54) is 16.5 Å². The molecule has 1 aromatic carbocycles. The third-order valence-corrected chi connectivity index (χ3v) is 11.5. The Kier molecular flexibility index (Phi) is 6.92. The Morgan fingerprint density at radius 1 is 1.10 bits per heavy atom. The van der Waals surface area contributed by atoms with Crippen molar-refractivity contribution in [1.82, 2.24) is 10.3 Å². The van der Waals surface area contributed by atoms with Crippen molar-refractivity contribution in [2.75, 3.05) is 13.2 Å². The molecule has 6 rings (SSSR count). The van der Waals surface area contributed by atoms with Gasteiger partial charge in [-0.1, -0.05) is 42.8 Å². The van der Waals surface area contributed by atoms with Crippen LogP contribution in [-0.4, -0.2) is 46.2 Å². The third kappa shape index (κ3) is 4.32. The molecule has 1 amide bonds. The number of nitrogens with zero attached hydrogens (tertiary/aromatic N) is 1. The first-order valence-corrected chi connectivity index (χ1v) is 15.1. The van der Waals surface area contributed by atoms with Gasteiger partial charge in [-0.3, -0.25) is 9.59 Å². The molecule has 3 fully saturated rings. The van der Waals surface area contributed by atoms with Crippen LogP contribution in [-0.2, 0) is 20.8 Å². The van der Waals surface area contributed by atoms with Gasteiger partial charge in [-0.25, -0.2) is 0 Å². The Bertz CT molecular complexity index is 1380. The van der Waals surface area contributed by atoms with Crippen LogP contribution in [0.25, 0.3) is 10.9 Å². The molecule has 0 unspecified atom stereocenters. The molecule has 7 nitrogen and oxygen atoms in total. The molecule has 40 heavy (non-hydrogen) atoms. The molecule has 3 saturated carbocycles. The van der Waals surface area contributed by atoms with Gasteiger partial charge in [0.1, 0.15) is 5.60 Å². The van der Waals surface area contributed by atoms with Crippen molar-refractivity contribution in [2.24, 2.45) is 33.7 Å². The van der Waals surface area contributed by atoms with Crippen LogP contribution in [0.4, 0.5) is 0 Å². The number of hydrogen-bond acceptors (Lipinski definition) is 5. The normalized spacial score (nSPS) is 36.0. The third-order valence-electron chi connectivity index (χ3n) is 11.5. The van der Waals surface area contributed by atoms with Crippen molar-refractivity contribution in [3.05, 3.63) is 47.7 Å². The van der Waals surface area contributed by atoms with Crippen molar-refractivity contribution < 1.29 is 19.5 Å². The number of carbonyl (C=O) groups is 2. The predicted molar refractivity (Wildman–Crippen MR) is 156 cm³/mol. The van der Waals surface area contributed by atoms with E-state index in [2.05, 4.69) is 47.5 Å². The van der Waals surface area contributed by atoms with E-state index in [1.54, 1.807) is 6.92 Å². The molecule has 4 aliphatic rings. The van der Waals surface area contributed by atoms with E-state index in [4.69, 9.17) is 4.84 Å². The molecule has 0 aliphatic heterocycles. The molecule has 3 N–H and O–H groups in total. The number of allylic oxidation sites excluding steroid dienone is 2. The topological polar surface area (TPSA) is 104 Å². The van der Waals surface area contributed by atoms with Crippen molar-refractivity contribution in [3.63, 3.8) is 0 Å². The van der Waals surface area contributed by atoms with E-state index < -0.39 is 5.60 Å². The van der Waals surface area contributed by atoms with E-state index in [9.17, 15) is 14.7 Å². The number of para-hydroxylation sites is 1. The fraction of sp³-hybridized carbons (Fsp3) is 0.606. The highest BCUT2D eigenvalue weighted by atomic mass is 16.6. The minimum Gasteiger partial charge on any atom is -0.385 e. The number of fused-ring (bicyclic) bond motifs is 6. The van der Waals surface area contributed by atoms with Crippen LogP contribution >= 0.6 is 0 Å². The number of aliphatic hydroxyl groups is 1. The summed E-state index contributed by atoms with van der Waals surface area (Å²) in [5.74, 6) is 1.32. The summed E-state index contributed by atoms with van der Waals surface area (Å²) >= 11 is 0. The second-order valence-electron chi connectivity index (χ2n) is 13.2. The van der Waals surface area contributed by atoms with Crippen LogP contribution in [0.15, 0.2) is 47.3 Å². The lowest BCUT2D eigenvalue weighted by molar-refractivity contribution is -0.159. The van der Waals surface area contributed by atoms with Gasteiger partial charge in [-0.15, -0.1) is 0 Å². The zero-order valence-electron chi connectivity index (χ0n) is 24.1. The predicted octanol–water partition coefficient (Wildman–Crippen LogP) is 5.48. The molecule has 0 spiro atoms. The van der Waals surface area contributed by atoms with Gasteiger partial charge >= 0.3 is 0 Å². The summed E-state index contributed by atoms with van der Waals surface area (Å²) in [5.41, 5.74) is 3.33. The van der Waals surface area contributed by atoms with Crippen LogP contribution in [0, 0.1) is 28.6 Å². The quantitative estimate of drug-likeness (QED) is 0.401. The van der Waals surface area contributed by atoms with Crippen molar-refractivity contribution in [2.45, 2.75) is 84.2 Å². The maximum absolute atomic E-state index is 12.5. The lowest BCUT2D eigenvalue weighted by Gasteiger charge is -2.59. The number of aromatic amines is 1. The van der Waals surface area contributed by atoms with E-state index in [0.29, 0.717) is 30.7 Å². The van der Waals surface area contributed by atoms with E-state index in [-0.39, 0.29) is 29.1 Å². The number of oxime groups is 1. The summed E-state index contributed by atoms with van der Waals surface area (Å²) in [6.07, 6.45) is 12.5. The van der Waals surface area contributed by atoms with Gasteiger partial charge in [0.05, 0.1) is 5.71 Å². The Hall–Kier alpha value is -2.93. The fourth-order valence-corrected chi connectivity index (χ4v) is 9.14. The highest BCUT2D eigenvalue weighted by Gasteiger charge is 2.65. The molecule has 214 valence electrons. The number of aromatic nitrogens is 1. The molecular weight excluding hydrogens is 502 g/mol. The molecule has 7 heteroatoms. The summed E-state index contributed by atoms with van der Waals surface area (Å²) in [6, 6.07) is 8.17. The Morgan fingerprint density at radius 3 is 2.73 bits per heavy atom. The lowest BCUT2D eigenvalue weighted by Crippen LogP contribution is -2.57. The van der Waals surface area contributed by atoms with E-state index in [1.807, 2.05) is 18.3 Å². The van der Waals surface area contributed by atoms with Crippen LogP contribution < -0.4 is 5.32 Å². The van der Waals surface area contributed by atoms with Gasteiger partial charge in [-0.05, 0) is 106 Å². The first-order chi connectivity index (χ1) is 19.2. The Morgan fingerprint density at radius 2 is 1.90 bits per heavy atom. The summed E-state index contributed by atoms with van der Waals surface area (Å²) in [6.45, 7) is 6.64. The summed E-state index contributed by atoms with van der Waals surface area (Å²) in [7, 11) is 0. The van der Waals surface area contributed by atoms with Crippen molar-refractivity contribution >= 4 is 28.3 Å². The monoisotopic (exact) mass is 545 g/mol. The molecule has 1 aromatic heterocycles. The molecule has 0 saturated heterocycles. The van der Waals surface area contributed by atoms with Gasteiger partial charge in [0, 0.05) is 29.1 Å². The summed E-state index contributed by atoms with van der Waals surface area (Å²) in [5, 5.41) is 19.9. The molecular formula is C33H43N3O4. The zero-order chi connectivity index (χ0) is 28.1. The summed E-state index contributed by atoms with van der Waals surface area (Å²) < 4.78 is 0. The number of Topliss-reactive ketones (excluding diaryl/α,β-unsaturated/α-hetero) is 1. The molecule has 0 bridgehead atoms. The van der Waals surface area contributed by atoms with Crippen LogP contribution in [0.3, 0.4) is 0 Å². The minimum atomic E-state index is -1.16. The number of nitrogens with one attached hydrogen (secondary N) is 2. The highest BCUT2D eigenvalue weighted by molar-refractivity contribution is 5.96. The largest absolute Gasteiger partial charge is 0.385 e. The Balaban J connectivity index is 1.04. The average Bonchev–Trinajstić information content (AvgIpc) is 3.47. The second kappa shape index (κ2) is 10.2. The highest BCUT2D eigenvalue weighted by Crippen LogP contribution is 2.67. The zero-order valence-corrected chi connectivity index (χ0v) is 24.1. The number of ketones is 1. The number of H-pyrrole nitrogens is 1. The van der Waals surface area contributed by atoms with Gasteiger partial charge in [0.15, 0.2) is 12.4 Å². The first-order valence-electron chi connectivity index (χ1n) is 15.1. The first kappa shape index (κ1) is 27.3. The number of amides is 1. The molecule has 4 aliphatic carbocycles. The smallest absolute Gasteiger partial charge is 0.260 e. The summed E-state index contributed by atoms with van der Waals surface area (Å²) in [4.78, 5) is 33.6. The number of carbonyl (C=O) groups excluding carboxylic acids is 2. The number of benzene rings is 1. The maximum Gasteiger partial charge on any atom is 0.260 e. The Labute approximate surface area is 236 Å². The van der Waals surface area contributed by atoms with Gasteiger partial charge < -0.3 is 20.2 Å². The number of rotatable bonds is 7. The lowest BCUT2D eigenvalue weighted by atomic mass is 9.46. The van der Waals surface area contributed by atoms with Gasteiger partial charge in [-0.2, -0.15) is 0 Å². The van der Waals surface area contributed by atoms with Crippen molar-refractivity contribution in [1.29, 1.82) is 0 Å². The van der Waals surface area contributed by atoms with E-state index in [0.717, 1.165) is 62.6 Å². The van der Waals surface area contributed by atoms with Crippen LogP contribution in [0.1, 0.15) is 77.7 Å². The van der Waals surface area contributed by atoms with Crippen LogP contribution in [0.2, 0.25) is 0 Å². The fourth-order valence-electron chi connectivity index (χ4n) is 9.14. The number of hydrogen-bond donors (Lipinski definition) is 3. The average molecular weight is 546 g/mol. The molecule has 2 aromatic rings. The van der Waals surface area contributed by atoms with Gasteiger partial charge in [0.25, 0.3) is 5.91 Å².